The van der Waals surface area contributed by atoms with Gasteiger partial charge in [0.1, 0.15) is 11.4 Å². The molecule has 0 unspecified atom stereocenters. The smallest absolute Gasteiger partial charge is 0.127 e. The molecule has 0 atom stereocenters. The number of benzene rings is 1. The number of halogens is 1. The highest BCUT2D eigenvalue weighted by molar-refractivity contribution is 14.2. The minimum atomic E-state index is 1.03. The summed E-state index contributed by atoms with van der Waals surface area (Å²) in [6.07, 6.45) is 1.63. The zero-order chi connectivity index (χ0) is 11.7. The van der Waals surface area contributed by atoms with E-state index in [0.717, 1.165) is 10.5 Å². The first-order valence-corrected chi connectivity index (χ1v) is 9.14. The second kappa shape index (κ2) is 4.91. The van der Waals surface area contributed by atoms with Gasteiger partial charge in [0.25, 0.3) is 0 Å². The molecule has 5 heteroatoms. The van der Waals surface area contributed by atoms with Gasteiger partial charge in [-0.3, -0.25) is 0 Å². The van der Waals surface area contributed by atoms with Gasteiger partial charge in [-0.15, -0.1) is 11.3 Å². The summed E-state index contributed by atoms with van der Waals surface area (Å²) in [4.78, 5) is 9.85. The number of rotatable bonds is 2. The van der Waals surface area contributed by atoms with Gasteiger partial charge >= 0.3 is 0 Å². The summed E-state index contributed by atoms with van der Waals surface area (Å²) in [5, 5.41) is 1.04. The molecule has 1 aromatic carbocycles. The van der Waals surface area contributed by atoms with Crippen molar-refractivity contribution in [2.75, 3.05) is 0 Å². The van der Waals surface area contributed by atoms with Crippen molar-refractivity contribution in [1.29, 1.82) is 0 Å². The lowest BCUT2D eigenvalue weighted by Gasteiger charge is -1.94. The van der Waals surface area contributed by atoms with Crippen molar-refractivity contribution in [3.8, 4) is 10.4 Å². The van der Waals surface area contributed by atoms with E-state index in [1.54, 1.807) is 26.6 Å². The van der Waals surface area contributed by atoms with E-state index in [1.165, 1.54) is 15.1 Å². The van der Waals surface area contributed by atoms with Crippen LogP contribution in [0.15, 0.2) is 47.8 Å². The fraction of sp³-hybridized carbons (Fsp3) is 0. The Labute approximate surface area is 119 Å². The Bertz CT molecular complexity index is 652. The number of nitrogens with zero attached hydrogens (tertiary/aromatic N) is 2. The summed E-state index contributed by atoms with van der Waals surface area (Å²) in [5.41, 5.74) is 2.27. The van der Waals surface area contributed by atoms with Gasteiger partial charge in [-0.2, -0.15) is 0 Å². The van der Waals surface area contributed by atoms with Crippen LogP contribution in [0.4, 0.5) is 0 Å². The molecule has 0 bridgehead atoms. The molecular formula is C12H7IN2S2. The normalized spacial score (nSPS) is 10.9. The molecule has 0 saturated heterocycles. The van der Waals surface area contributed by atoms with E-state index < -0.39 is 0 Å². The topological polar surface area (TPSA) is 25.8 Å². The molecule has 3 aromatic rings. The third kappa shape index (κ3) is 2.19. The van der Waals surface area contributed by atoms with E-state index in [1.807, 2.05) is 6.07 Å². The van der Waals surface area contributed by atoms with Crippen LogP contribution in [0.25, 0.3) is 20.7 Å². The van der Waals surface area contributed by atoms with Crippen molar-refractivity contribution in [2.45, 2.75) is 5.03 Å². The van der Waals surface area contributed by atoms with Crippen molar-refractivity contribution >= 4 is 51.7 Å². The molecule has 0 saturated carbocycles. The highest BCUT2D eigenvalue weighted by atomic mass is 127. The van der Waals surface area contributed by atoms with Crippen LogP contribution >= 0.6 is 41.5 Å². The van der Waals surface area contributed by atoms with Gasteiger partial charge in [0.2, 0.25) is 0 Å². The Hall–Kier alpha value is -0.660. The predicted molar refractivity (Wildman–Crippen MR) is 82.7 cm³/mol. The van der Waals surface area contributed by atoms with Gasteiger partial charge in [-0.05, 0) is 20.6 Å². The highest BCUT2D eigenvalue weighted by Gasteiger charge is 2.09. The van der Waals surface area contributed by atoms with E-state index in [9.17, 15) is 0 Å². The number of aromatic nitrogens is 2. The fourth-order valence-electron chi connectivity index (χ4n) is 1.63. The van der Waals surface area contributed by atoms with Crippen molar-refractivity contribution in [1.82, 2.24) is 9.97 Å². The van der Waals surface area contributed by atoms with E-state index in [0.29, 0.717) is 0 Å². The average Bonchev–Trinajstić information content (AvgIpc) is 2.83. The number of hydrogen-bond donors (Lipinski definition) is 0. The lowest BCUT2D eigenvalue weighted by molar-refractivity contribution is 1.12. The second-order valence-electron chi connectivity index (χ2n) is 3.45. The summed E-state index contributed by atoms with van der Waals surface area (Å²) in [5.74, 6) is 0. The molecule has 0 amide bonds. The van der Waals surface area contributed by atoms with E-state index in [2.05, 4.69) is 61.5 Å². The first kappa shape index (κ1) is 11.4. The summed E-state index contributed by atoms with van der Waals surface area (Å²) in [6, 6.07) is 12.5. The van der Waals surface area contributed by atoms with E-state index in [-0.39, 0.29) is 0 Å². The Balaban J connectivity index is 2.20. The first-order valence-electron chi connectivity index (χ1n) is 4.97. The molecule has 2 heterocycles. The lowest BCUT2D eigenvalue weighted by Crippen LogP contribution is -1.78. The molecule has 0 N–H and O–H groups in total. The maximum Gasteiger partial charge on any atom is 0.127 e. The molecule has 0 spiro atoms. The maximum absolute atomic E-state index is 4.32. The molecule has 2 nitrogen and oxygen atoms in total. The first-order chi connectivity index (χ1) is 8.38. The van der Waals surface area contributed by atoms with E-state index >= 15 is 0 Å². The summed E-state index contributed by atoms with van der Waals surface area (Å²) in [7, 11) is 1.64. The van der Waals surface area contributed by atoms with Crippen molar-refractivity contribution in [3.63, 3.8) is 0 Å². The van der Waals surface area contributed by atoms with Crippen LogP contribution in [0.3, 0.4) is 0 Å². The molecule has 0 aliphatic carbocycles. The second-order valence-corrected chi connectivity index (χ2v) is 6.36. The Kier molecular flexibility index (Phi) is 3.30. The largest absolute Gasteiger partial charge is 0.235 e. The predicted octanol–water partition coefficient (Wildman–Crippen LogP) is 4.80. The van der Waals surface area contributed by atoms with Crippen LogP contribution in [-0.2, 0) is 0 Å². The third-order valence-electron chi connectivity index (χ3n) is 2.41. The zero-order valence-corrected chi connectivity index (χ0v) is 12.4. The van der Waals surface area contributed by atoms with Gasteiger partial charge in [0.15, 0.2) is 0 Å². The van der Waals surface area contributed by atoms with Crippen molar-refractivity contribution in [2.24, 2.45) is 0 Å². The monoisotopic (exact) mass is 370 g/mol. The Morgan fingerprint density at radius 3 is 2.71 bits per heavy atom. The van der Waals surface area contributed by atoms with Gasteiger partial charge in [0.05, 0.1) is 10.2 Å². The van der Waals surface area contributed by atoms with Crippen molar-refractivity contribution < 1.29 is 0 Å². The fourth-order valence-corrected chi connectivity index (χ4v) is 4.59. The molecule has 0 radical (unpaired) electrons. The minimum Gasteiger partial charge on any atom is -0.235 e. The number of thiophene rings is 1. The minimum absolute atomic E-state index is 1.03. The Morgan fingerprint density at radius 2 is 1.94 bits per heavy atom. The highest BCUT2D eigenvalue weighted by Crippen LogP contribution is 2.38. The molecule has 0 aliphatic heterocycles. The standard InChI is InChI=1S/C12H7IN2S2/c13-17-12-11-9(14-7-15-12)6-10(16-11)8-4-2-1-3-5-8/h1-7H. The molecule has 17 heavy (non-hydrogen) atoms. The van der Waals surface area contributed by atoms with Gasteiger partial charge < -0.3 is 0 Å². The zero-order valence-electron chi connectivity index (χ0n) is 8.63. The van der Waals surface area contributed by atoms with Crippen molar-refractivity contribution in [3.05, 3.63) is 42.7 Å². The van der Waals surface area contributed by atoms with Crippen LogP contribution in [0.1, 0.15) is 0 Å². The lowest BCUT2D eigenvalue weighted by atomic mass is 10.2. The van der Waals surface area contributed by atoms with Gasteiger partial charge in [-0.1, -0.05) is 30.3 Å². The quantitative estimate of drug-likeness (QED) is 0.479. The van der Waals surface area contributed by atoms with Crippen LogP contribution in [0.2, 0.25) is 0 Å². The molecule has 3 rings (SSSR count). The SMILES string of the molecule is ISc1ncnc2cc(-c3ccccc3)sc12. The molecule has 0 aliphatic rings. The third-order valence-corrected chi connectivity index (χ3v) is 5.43. The molecule has 84 valence electrons. The van der Waals surface area contributed by atoms with Gasteiger partial charge in [0, 0.05) is 26.1 Å². The Morgan fingerprint density at radius 1 is 1.12 bits per heavy atom. The van der Waals surface area contributed by atoms with E-state index in [4.69, 9.17) is 0 Å². The van der Waals surface area contributed by atoms with Crippen LogP contribution < -0.4 is 0 Å². The van der Waals surface area contributed by atoms with Crippen LogP contribution in [0.5, 0.6) is 0 Å². The van der Waals surface area contributed by atoms with Crippen LogP contribution in [0, 0.1) is 0 Å². The maximum atomic E-state index is 4.32. The number of fused-ring (bicyclic) bond motifs is 1. The number of hydrogen-bond acceptors (Lipinski definition) is 4. The average molecular weight is 370 g/mol. The molecule has 2 aromatic heterocycles. The molecular weight excluding hydrogens is 363 g/mol. The summed E-state index contributed by atoms with van der Waals surface area (Å²) in [6.45, 7) is 0. The summed E-state index contributed by atoms with van der Waals surface area (Å²) < 4.78 is 1.17. The van der Waals surface area contributed by atoms with Crippen LogP contribution in [-0.4, -0.2) is 9.97 Å². The molecule has 0 fully saturated rings. The van der Waals surface area contributed by atoms with Gasteiger partial charge in [-0.25, -0.2) is 9.97 Å². The summed E-state index contributed by atoms with van der Waals surface area (Å²) >= 11 is 4.01.